The Morgan fingerprint density at radius 2 is 1.72 bits per heavy atom. The Kier molecular flexibility index (Phi) is 6.11. The molecule has 2 heterocycles. The number of carbonyl (C=O) groups is 3. The molecule has 8 heteroatoms. The number of hydrogen-bond donors (Lipinski definition) is 1. The van der Waals surface area contributed by atoms with E-state index in [2.05, 4.69) is 10.3 Å². The predicted octanol–water partition coefficient (Wildman–Crippen LogP) is 3.28. The Balaban J connectivity index is 1.38. The zero-order valence-corrected chi connectivity index (χ0v) is 17.6. The van der Waals surface area contributed by atoms with Crippen LogP contribution >= 0.6 is 0 Å². The Morgan fingerprint density at radius 3 is 2.38 bits per heavy atom. The predicted molar refractivity (Wildman–Crippen MR) is 117 cm³/mol. The van der Waals surface area contributed by atoms with Crippen molar-refractivity contribution in [2.45, 2.75) is 12.8 Å². The van der Waals surface area contributed by atoms with Crippen LogP contribution in [0.25, 0.3) is 0 Å². The third-order valence-electron chi connectivity index (χ3n) is 5.61. The minimum Gasteiger partial charge on any atom is -0.338 e. The van der Waals surface area contributed by atoms with Crippen molar-refractivity contribution in [2.24, 2.45) is 13.0 Å². The smallest absolute Gasteiger partial charge is 0.253 e. The molecule has 2 amide bonds. The number of carbonyl (C=O) groups excluding carboxylic acids is 3. The van der Waals surface area contributed by atoms with Gasteiger partial charge in [0.15, 0.2) is 5.82 Å². The summed E-state index contributed by atoms with van der Waals surface area (Å²) < 4.78 is 14.8. The quantitative estimate of drug-likeness (QED) is 0.625. The summed E-state index contributed by atoms with van der Waals surface area (Å²) in [6.45, 7) is 0.863. The summed E-state index contributed by atoms with van der Waals surface area (Å²) in [5, 5.41) is 2.87. The van der Waals surface area contributed by atoms with Crippen molar-refractivity contribution in [2.75, 3.05) is 18.4 Å². The van der Waals surface area contributed by atoms with Crippen molar-refractivity contribution in [3.63, 3.8) is 0 Å². The second-order valence-corrected chi connectivity index (χ2v) is 7.85. The Morgan fingerprint density at radius 1 is 1.03 bits per heavy atom. The maximum absolute atomic E-state index is 13.1. The number of hydrogen-bond acceptors (Lipinski definition) is 4. The number of imidazole rings is 1. The van der Waals surface area contributed by atoms with E-state index in [4.69, 9.17) is 0 Å². The molecule has 1 N–H and O–H groups in total. The molecule has 4 rings (SSSR count). The van der Waals surface area contributed by atoms with E-state index in [1.807, 2.05) is 0 Å². The Hall–Kier alpha value is -3.81. The summed E-state index contributed by atoms with van der Waals surface area (Å²) >= 11 is 0. The van der Waals surface area contributed by atoms with Gasteiger partial charge in [-0.25, -0.2) is 9.37 Å². The highest BCUT2D eigenvalue weighted by atomic mass is 19.1. The number of piperidine rings is 1. The van der Waals surface area contributed by atoms with E-state index in [0.29, 0.717) is 48.6 Å². The van der Waals surface area contributed by atoms with Gasteiger partial charge in [0.25, 0.3) is 5.91 Å². The van der Waals surface area contributed by atoms with Gasteiger partial charge in [-0.2, -0.15) is 0 Å². The molecule has 1 atom stereocenters. The molecule has 1 aliphatic rings. The molecule has 164 valence electrons. The van der Waals surface area contributed by atoms with Gasteiger partial charge in [0, 0.05) is 49.3 Å². The molecular weight excluding hydrogens is 411 g/mol. The van der Waals surface area contributed by atoms with E-state index in [9.17, 15) is 18.8 Å². The number of likely N-dealkylation sites (tertiary alicyclic amines) is 1. The summed E-state index contributed by atoms with van der Waals surface area (Å²) in [7, 11) is 1.75. The molecule has 1 aliphatic heterocycles. The monoisotopic (exact) mass is 434 g/mol. The molecule has 0 bridgehead atoms. The minimum atomic E-state index is -0.398. The van der Waals surface area contributed by atoms with E-state index < -0.39 is 5.82 Å². The van der Waals surface area contributed by atoms with Gasteiger partial charge in [0.05, 0.1) is 5.92 Å². The fourth-order valence-electron chi connectivity index (χ4n) is 3.81. The minimum absolute atomic E-state index is 0.176. The maximum atomic E-state index is 13.1. The van der Waals surface area contributed by atoms with Gasteiger partial charge in [0.2, 0.25) is 11.7 Å². The number of halogens is 1. The summed E-state index contributed by atoms with van der Waals surface area (Å²) in [5.41, 5.74) is 1.46. The third kappa shape index (κ3) is 4.59. The topological polar surface area (TPSA) is 84.3 Å². The van der Waals surface area contributed by atoms with E-state index in [1.165, 1.54) is 24.3 Å². The number of rotatable bonds is 5. The molecule has 7 nitrogen and oxygen atoms in total. The van der Waals surface area contributed by atoms with Crippen LogP contribution in [-0.2, 0) is 11.8 Å². The molecule has 32 heavy (non-hydrogen) atoms. The average molecular weight is 434 g/mol. The van der Waals surface area contributed by atoms with Gasteiger partial charge in [-0.3, -0.25) is 14.4 Å². The highest BCUT2D eigenvalue weighted by Crippen LogP contribution is 2.21. The average Bonchev–Trinajstić information content (AvgIpc) is 3.25. The van der Waals surface area contributed by atoms with Crippen LogP contribution < -0.4 is 5.32 Å². The summed E-state index contributed by atoms with van der Waals surface area (Å²) in [6, 6.07) is 12.1. The van der Waals surface area contributed by atoms with E-state index >= 15 is 0 Å². The highest BCUT2D eigenvalue weighted by Gasteiger charge is 2.29. The third-order valence-corrected chi connectivity index (χ3v) is 5.61. The fourth-order valence-corrected chi connectivity index (χ4v) is 3.81. The molecule has 0 aliphatic carbocycles. The Bertz CT molecular complexity index is 1140. The number of nitrogens with zero attached hydrogens (tertiary/aromatic N) is 3. The zero-order chi connectivity index (χ0) is 22.7. The standard InChI is InChI=1S/C24H23FN4O3/c1-28-14-12-26-22(28)21(30)16-6-10-20(11-7-16)27-23(31)18-3-2-13-29(15-18)24(32)17-4-8-19(25)9-5-17/h4-12,14,18H,2-3,13,15H2,1H3,(H,27,31)/t18-/m1/s1. The molecule has 2 aromatic carbocycles. The number of nitrogens with one attached hydrogen (secondary N) is 1. The van der Waals surface area contributed by atoms with Crippen LogP contribution in [0.4, 0.5) is 10.1 Å². The second kappa shape index (κ2) is 9.13. The van der Waals surface area contributed by atoms with Gasteiger partial charge < -0.3 is 14.8 Å². The summed E-state index contributed by atoms with van der Waals surface area (Å²) in [6.07, 6.45) is 4.66. The van der Waals surface area contributed by atoms with E-state index in [0.717, 1.165) is 0 Å². The van der Waals surface area contributed by atoms with Crippen molar-refractivity contribution in [1.82, 2.24) is 14.5 Å². The lowest BCUT2D eigenvalue weighted by molar-refractivity contribution is -0.121. The van der Waals surface area contributed by atoms with Crippen LogP contribution in [0, 0.1) is 11.7 Å². The maximum Gasteiger partial charge on any atom is 0.253 e. The van der Waals surface area contributed by atoms with Crippen molar-refractivity contribution in [1.29, 1.82) is 0 Å². The van der Waals surface area contributed by atoms with Gasteiger partial charge in [-0.15, -0.1) is 0 Å². The first kappa shape index (κ1) is 21.4. The lowest BCUT2D eigenvalue weighted by atomic mass is 9.96. The highest BCUT2D eigenvalue weighted by molar-refractivity contribution is 6.07. The zero-order valence-electron chi connectivity index (χ0n) is 17.6. The first-order chi connectivity index (χ1) is 15.4. The van der Waals surface area contributed by atoms with Crippen LogP contribution in [0.5, 0.6) is 0 Å². The largest absolute Gasteiger partial charge is 0.338 e. The molecule has 1 saturated heterocycles. The number of benzene rings is 2. The molecular formula is C24H23FN4O3. The molecule has 1 fully saturated rings. The SMILES string of the molecule is Cn1ccnc1C(=O)c1ccc(NC(=O)[C@@H]2CCCN(C(=O)c3ccc(F)cc3)C2)cc1. The molecule has 0 spiro atoms. The van der Waals surface area contributed by atoms with Crippen molar-refractivity contribution < 1.29 is 18.8 Å². The number of amides is 2. The first-order valence-corrected chi connectivity index (χ1v) is 10.4. The van der Waals surface area contributed by atoms with Crippen molar-refractivity contribution >= 4 is 23.3 Å². The van der Waals surface area contributed by atoms with Crippen LogP contribution in [0.2, 0.25) is 0 Å². The normalized spacial score (nSPS) is 15.9. The van der Waals surface area contributed by atoms with E-state index in [1.54, 1.807) is 53.2 Å². The lowest BCUT2D eigenvalue weighted by Crippen LogP contribution is -2.43. The number of aromatic nitrogens is 2. The second-order valence-electron chi connectivity index (χ2n) is 7.85. The Labute approximate surface area is 184 Å². The molecule has 0 unspecified atom stereocenters. The van der Waals surface area contributed by atoms with Gasteiger partial charge in [0.1, 0.15) is 5.82 Å². The van der Waals surface area contributed by atoms with Crippen LogP contribution in [0.3, 0.4) is 0 Å². The lowest BCUT2D eigenvalue weighted by Gasteiger charge is -2.32. The van der Waals surface area contributed by atoms with Gasteiger partial charge >= 0.3 is 0 Å². The number of anilines is 1. The number of ketones is 1. The fraction of sp³-hybridized carbons (Fsp3) is 0.250. The molecule has 1 aromatic heterocycles. The van der Waals surface area contributed by atoms with Crippen LogP contribution in [0.15, 0.2) is 60.9 Å². The van der Waals surface area contributed by atoms with Crippen LogP contribution in [-0.4, -0.2) is 45.1 Å². The molecule has 0 radical (unpaired) electrons. The van der Waals surface area contributed by atoms with E-state index in [-0.39, 0.29) is 23.5 Å². The molecule has 0 saturated carbocycles. The summed E-state index contributed by atoms with van der Waals surface area (Å²) in [5.74, 6) is -0.982. The molecule has 3 aromatic rings. The van der Waals surface area contributed by atoms with Crippen molar-refractivity contribution in [3.05, 3.63) is 83.7 Å². The summed E-state index contributed by atoms with van der Waals surface area (Å²) in [4.78, 5) is 43.7. The first-order valence-electron chi connectivity index (χ1n) is 10.4. The van der Waals surface area contributed by atoms with Gasteiger partial charge in [-0.1, -0.05) is 0 Å². The van der Waals surface area contributed by atoms with Crippen molar-refractivity contribution in [3.8, 4) is 0 Å². The van der Waals surface area contributed by atoms with Gasteiger partial charge in [-0.05, 0) is 61.4 Å². The number of aryl methyl sites for hydroxylation is 1. The van der Waals surface area contributed by atoms with Crippen LogP contribution in [0.1, 0.15) is 39.4 Å².